The first-order chi connectivity index (χ1) is 10.9. The average Bonchev–Trinajstić information content (AvgIpc) is 2.53. The molecule has 1 aliphatic heterocycles. The largest absolute Gasteiger partial charge is 0.468 e. The highest BCUT2D eigenvalue weighted by atomic mass is 32.2. The van der Waals surface area contributed by atoms with E-state index in [0.29, 0.717) is 18.8 Å². The Hall–Kier alpha value is -1.14. The van der Waals surface area contributed by atoms with Crippen LogP contribution in [-0.2, 0) is 14.3 Å². The summed E-state index contributed by atoms with van der Waals surface area (Å²) in [6, 6.07) is 4.29. The first-order valence-electron chi connectivity index (χ1n) is 7.60. The number of benzene rings is 1. The van der Waals surface area contributed by atoms with E-state index >= 15 is 0 Å². The molecule has 0 bridgehead atoms. The Balaban J connectivity index is 1.96. The molecule has 1 amide bonds. The van der Waals surface area contributed by atoms with Gasteiger partial charge in [0.2, 0.25) is 5.91 Å². The molecule has 126 valence electrons. The van der Waals surface area contributed by atoms with Crippen LogP contribution in [0.25, 0.3) is 0 Å². The molecule has 1 heterocycles. The topological polar surface area (TPSA) is 46.6 Å². The third-order valence-electron chi connectivity index (χ3n) is 3.83. The van der Waals surface area contributed by atoms with Crippen molar-refractivity contribution in [3.63, 3.8) is 0 Å². The van der Waals surface area contributed by atoms with Gasteiger partial charge in [-0.25, -0.2) is 0 Å². The molecular weight excluding hydrogens is 330 g/mol. The average molecular weight is 354 g/mol. The highest BCUT2D eigenvalue weighted by molar-refractivity contribution is 8.00. The fraction of sp³-hybridized carbons (Fsp3) is 0.529. The minimum atomic E-state index is -0.259. The summed E-state index contributed by atoms with van der Waals surface area (Å²) in [6.45, 7) is 7.39. The zero-order valence-electron chi connectivity index (χ0n) is 14.0. The van der Waals surface area contributed by atoms with E-state index in [1.807, 2.05) is 0 Å². The van der Waals surface area contributed by atoms with Crippen LogP contribution in [0, 0.1) is 20.8 Å². The lowest BCUT2D eigenvalue weighted by Crippen LogP contribution is -2.45. The minimum absolute atomic E-state index is 0.0866. The number of hydrogen-bond acceptors (Lipinski definition) is 5. The van der Waals surface area contributed by atoms with Gasteiger partial charge in [-0.05, 0) is 31.9 Å². The van der Waals surface area contributed by atoms with E-state index < -0.39 is 0 Å². The van der Waals surface area contributed by atoms with Gasteiger partial charge >= 0.3 is 5.97 Å². The monoisotopic (exact) mass is 353 g/mol. The molecule has 0 radical (unpaired) electrons. The van der Waals surface area contributed by atoms with Gasteiger partial charge in [0, 0.05) is 23.7 Å². The van der Waals surface area contributed by atoms with Crippen molar-refractivity contribution in [3.05, 3.63) is 28.8 Å². The van der Waals surface area contributed by atoms with E-state index in [2.05, 4.69) is 32.9 Å². The Morgan fingerprint density at radius 2 is 1.96 bits per heavy atom. The highest BCUT2D eigenvalue weighted by Gasteiger charge is 2.29. The summed E-state index contributed by atoms with van der Waals surface area (Å²) in [4.78, 5) is 27.1. The van der Waals surface area contributed by atoms with Gasteiger partial charge in [-0.1, -0.05) is 17.7 Å². The van der Waals surface area contributed by atoms with Crippen LogP contribution in [0.5, 0.6) is 0 Å². The third-order valence-corrected chi connectivity index (χ3v) is 6.31. The van der Waals surface area contributed by atoms with Gasteiger partial charge in [-0.2, -0.15) is 0 Å². The van der Waals surface area contributed by atoms with Crippen LogP contribution in [0.15, 0.2) is 17.0 Å². The lowest BCUT2D eigenvalue weighted by atomic mass is 10.1. The molecule has 0 saturated carbocycles. The van der Waals surface area contributed by atoms with Crippen LogP contribution >= 0.6 is 23.5 Å². The van der Waals surface area contributed by atoms with Crippen molar-refractivity contribution >= 4 is 35.4 Å². The molecule has 0 spiro atoms. The van der Waals surface area contributed by atoms with Crippen LogP contribution in [0.4, 0.5) is 0 Å². The predicted octanol–water partition coefficient (Wildman–Crippen LogP) is 2.82. The molecular formula is C17H23NO3S2. The molecule has 1 fully saturated rings. The number of carbonyl (C=O) groups is 2. The Bertz CT molecular complexity index is 580. The van der Waals surface area contributed by atoms with E-state index in [4.69, 9.17) is 4.74 Å². The Morgan fingerprint density at radius 1 is 1.30 bits per heavy atom. The van der Waals surface area contributed by atoms with Crippen molar-refractivity contribution in [2.45, 2.75) is 30.9 Å². The lowest BCUT2D eigenvalue weighted by Gasteiger charge is -2.31. The molecule has 0 unspecified atom stereocenters. The molecule has 1 aliphatic rings. The van der Waals surface area contributed by atoms with Crippen LogP contribution in [0.1, 0.15) is 16.7 Å². The van der Waals surface area contributed by atoms with Crippen LogP contribution in [0.2, 0.25) is 0 Å². The smallest absolute Gasteiger partial charge is 0.320 e. The molecule has 1 atom stereocenters. The lowest BCUT2D eigenvalue weighted by molar-refractivity contribution is -0.141. The fourth-order valence-corrected chi connectivity index (χ4v) is 4.92. The maximum absolute atomic E-state index is 12.5. The SMILES string of the molecule is COC(=O)[C@H]1CN(C(=O)CSc2c(C)cc(C)cc2C)CCS1. The van der Waals surface area contributed by atoms with Gasteiger partial charge in [0.25, 0.3) is 0 Å². The highest BCUT2D eigenvalue weighted by Crippen LogP contribution is 2.28. The summed E-state index contributed by atoms with van der Waals surface area (Å²) in [5, 5.41) is -0.259. The fourth-order valence-electron chi connectivity index (χ4n) is 2.77. The Labute approximate surface area is 146 Å². The number of rotatable bonds is 4. The second-order valence-corrected chi connectivity index (χ2v) is 8.04. The first kappa shape index (κ1) is 18.2. The Morgan fingerprint density at radius 3 is 2.57 bits per heavy atom. The van der Waals surface area contributed by atoms with Crippen LogP contribution < -0.4 is 0 Å². The summed E-state index contributed by atoms with van der Waals surface area (Å²) in [5.41, 5.74) is 3.66. The molecule has 0 aliphatic carbocycles. The van der Waals surface area contributed by atoms with Crippen LogP contribution in [0.3, 0.4) is 0 Å². The number of esters is 1. The standard InChI is InChI=1S/C17H23NO3S2/c1-11-7-12(2)16(13(3)8-11)23-10-15(19)18-5-6-22-14(9-18)17(20)21-4/h7-8,14H,5-6,9-10H2,1-4H3/t14-/m1/s1. The molecule has 23 heavy (non-hydrogen) atoms. The maximum atomic E-state index is 12.5. The maximum Gasteiger partial charge on any atom is 0.320 e. The predicted molar refractivity (Wildman–Crippen MR) is 96.2 cm³/mol. The van der Waals surface area contributed by atoms with E-state index in [1.54, 1.807) is 28.4 Å². The molecule has 2 rings (SSSR count). The number of aryl methyl sites for hydroxylation is 3. The second kappa shape index (κ2) is 8.11. The molecule has 1 saturated heterocycles. The summed E-state index contributed by atoms with van der Waals surface area (Å²) >= 11 is 3.15. The van der Waals surface area contributed by atoms with Crippen molar-refractivity contribution in [3.8, 4) is 0 Å². The number of nitrogens with zero attached hydrogens (tertiary/aromatic N) is 1. The van der Waals surface area contributed by atoms with Crippen molar-refractivity contribution in [2.75, 3.05) is 31.7 Å². The van der Waals surface area contributed by atoms with Crippen molar-refractivity contribution in [2.24, 2.45) is 0 Å². The number of amides is 1. The van der Waals surface area contributed by atoms with Crippen molar-refractivity contribution < 1.29 is 14.3 Å². The Kier molecular flexibility index (Phi) is 6.41. The van der Waals surface area contributed by atoms with Gasteiger partial charge in [-0.15, -0.1) is 23.5 Å². The van der Waals surface area contributed by atoms with E-state index in [0.717, 1.165) is 5.75 Å². The second-order valence-electron chi connectivity index (χ2n) is 5.74. The number of ether oxygens (including phenoxy) is 1. The molecule has 6 heteroatoms. The van der Waals surface area contributed by atoms with E-state index in [-0.39, 0.29) is 17.1 Å². The van der Waals surface area contributed by atoms with Gasteiger partial charge in [0.05, 0.1) is 12.9 Å². The van der Waals surface area contributed by atoms with Gasteiger partial charge in [0.1, 0.15) is 5.25 Å². The van der Waals surface area contributed by atoms with E-state index in [1.165, 1.54) is 28.7 Å². The summed E-state index contributed by atoms with van der Waals surface area (Å²) in [6.07, 6.45) is 0. The summed E-state index contributed by atoms with van der Waals surface area (Å²) < 4.78 is 4.79. The number of methoxy groups -OCH3 is 1. The zero-order valence-corrected chi connectivity index (χ0v) is 15.7. The zero-order chi connectivity index (χ0) is 17.0. The minimum Gasteiger partial charge on any atom is -0.468 e. The van der Waals surface area contributed by atoms with Crippen molar-refractivity contribution in [1.82, 2.24) is 4.90 Å². The van der Waals surface area contributed by atoms with Gasteiger partial charge in [0.15, 0.2) is 0 Å². The van der Waals surface area contributed by atoms with Crippen LogP contribution in [-0.4, -0.2) is 53.7 Å². The third kappa shape index (κ3) is 4.67. The number of hydrogen-bond donors (Lipinski definition) is 0. The normalized spacial score (nSPS) is 17.9. The number of carbonyl (C=O) groups excluding carboxylic acids is 2. The number of thioether (sulfide) groups is 2. The molecule has 0 N–H and O–H groups in total. The molecule has 1 aromatic carbocycles. The van der Waals surface area contributed by atoms with E-state index in [9.17, 15) is 9.59 Å². The quantitative estimate of drug-likeness (QED) is 0.615. The molecule has 1 aromatic rings. The first-order valence-corrected chi connectivity index (χ1v) is 9.63. The molecule has 0 aromatic heterocycles. The van der Waals surface area contributed by atoms with Gasteiger partial charge < -0.3 is 9.64 Å². The molecule has 4 nitrogen and oxygen atoms in total. The van der Waals surface area contributed by atoms with Gasteiger partial charge in [-0.3, -0.25) is 9.59 Å². The summed E-state index contributed by atoms with van der Waals surface area (Å²) in [7, 11) is 1.39. The van der Waals surface area contributed by atoms with Crippen molar-refractivity contribution in [1.29, 1.82) is 0 Å². The summed E-state index contributed by atoms with van der Waals surface area (Å²) in [5.74, 6) is 1.02.